The Kier molecular flexibility index (Phi) is 5.76. The number of benzene rings is 1. The number of carbonyl (C=O) groups is 4. The highest BCUT2D eigenvalue weighted by Gasteiger charge is 2.35. The number of hydrogen-bond donors (Lipinski definition) is 1. The molecule has 0 spiro atoms. The van der Waals surface area contributed by atoms with Gasteiger partial charge in [-0.05, 0) is 24.3 Å². The van der Waals surface area contributed by atoms with E-state index in [1.165, 1.54) is 41.2 Å². The Labute approximate surface area is 161 Å². The van der Waals surface area contributed by atoms with Gasteiger partial charge in [0, 0.05) is 44.8 Å². The molecule has 2 aliphatic rings. The van der Waals surface area contributed by atoms with E-state index in [4.69, 9.17) is 0 Å². The minimum absolute atomic E-state index is 0.234. The quantitative estimate of drug-likeness (QED) is 0.696. The number of likely N-dealkylation sites (tertiary alicyclic amines) is 1. The summed E-state index contributed by atoms with van der Waals surface area (Å²) in [5.41, 5.74) is 0.374. The Morgan fingerprint density at radius 2 is 1.54 bits per heavy atom. The van der Waals surface area contributed by atoms with Gasteiger partial charge in [-0.25, -0.2) is 9.18 Å². The standard InChI is InChI=1S/C18H21FN4O5/c1-28-18(27)23-10-14(11-23)20-15(24)17(26)22-8-6-21(7-9-22)16(25)12-2-4-13(19)5-3-12/h2-5,14H,6-11H2,1H3,(H,20,24). The fourth-order valence-electron chi connectivity index (χ4n) is 3.13. The van der Waals surface area contributed by atoms with Crippen molar-refractivity contribution in [2.24, 2.45) is 0 Å². The summed E-state index contributed by atoms with van der Waals surface area (Å²) in [6.07, 6.45) is -0.473. The SMILES string of the molecule is COC(=O)N1CC(NC(=O)C(=O)N2CCN(C(=O)c3ccc(F)cc3)CC2)C1. The summed E-state index contributed by atoms with van der Waals surface area (Å²) < 4.78 is 17.5. The zero-order chi connectivity index (χ0) is 20.3. The van der Waals surface area contributed by atoms with Crippen LogP contribution >= 0.6 is 0 Å². The molecule has 1 aromatic carbocycles. The molecule has 150 valence electrons. The zero-order valence-corrected chi connectivity index (χ0v) is 15.4. The van der Waals surface area contributed by atoms with Crippen LogP contribution in [-0.4, -0.2) is 90.9 Å². The monoisotopic (exact) mass is 392 g/mol. The summed E-state index contributed by atoms with van der Waals surface area (Å²) in [6.45, 7) is 1.64. The van der Waals surface area contributed by atoms with Gasteiger partial charge in [-0.1, -0.05) is 0 Å². The first-order valence-corrected chi connectivity index (χ1v) is 8.86. The third-order valence-electron chi connectivity index (χ3n) is 4.79. The van der Waals surface area contributed by atoms with E-state index in [1.807, 2.05) is 0 Å². The highest BCUT2D eigenvalue weighted by atomic mass is 19.1. The minimum atomic E-state index is -0.729. The Morgan fingerprint density at radius 3 is 2.11 bits per heavy atom. The molecule has 10 heteroatoms. The summed E-state index contributed by atoms with van der Waals surface area (Å²) in [4.78, 5) is 52.4. The molecule has 3 rings (SSSR count). The van der Waals surface area contributed by atoms with Crippen LogP contribution in [0.15, 0.2) is 24.3 Å². The molecule has 0 aliphatic carbocycles. The molecule has 0 aromatic heterocycles. The van der Waals surface area contributed by atoms with Gasteiger partial charge in [-0.15, -0.1) is 0 Å². The van der Waals surface area contributed by atoms with Crippen LogP contribution in [0.3, 0.4) is 0 Å². The minimum Gasteiger partial charge on any atom is -0.453 e. The van der Waals surface area contributed by atoms with Gasteiger partial charge in [-0.3, -0.25) is 14.4 Å². The molecule has 4 amide bonds. The maximum atomic E-state index is 13.0. The first kappa shape index (κ1) is 19.6. The molecule has 1 N–H and O–H groups in total. The van der Waals surface area contributed by atoms with Crippen LogP contribution in [0.5, 0.6) is 0 Å². The van der Waals surface area contributed by atoms with Gasteiger partial charge < -0.3 is 24.8 Å². The topological polar surface area (TPSA) is 99.3 Å². The van der Waals surface area contributed by atoms with Crippen molar-refractivity contribution in [1.82, 2.24) is 20.0 Å². The second-order valence-corrected chi connectivity index (χ2v) is 6.64. The normalized spacial score (nSPS) is 17.0. The van der Waals surface area contributed by atoms with E-state index < -0.39 is 23.7 Å². The molecule has 0 saturated carbocycles. The average molecular weight is 392 g/mol. The smallest absolute Gasteiger partial charge is 0.409 e. The largest absolute Gasteiger partial charge is 0.453 e. The summed E-state index contributed by atoms with van der Waals surface area (Å²) in [5, 5.41) is 2.59. The van der Waals surface area contributed by atoms with Crippen molar-refractivity contribution >= 4 is 23.8 Å². The molecule has 9 nitrogen and oxygen atoms in total. The van der Waals surface area contributed by atoms with Crippen LogP contribution < -0.4 is 5.32 Å². The molecule has 1 aromatic rings. The number of nitrogens with zero attached hydrogens (tertiary/aromatic N) is 3. The lowest BCUT2D eigenvalue weighted by Gasteiger charge is -2.39. The van der Waals surface area contributed by atoms with Gasteiger partial charge in [0.2, 0.25) is 0 Å². The van der Waals surface area contributed by atoms with E-state index in [0.29, 0.717) is 18.7 Å². The lowest BCUT2D eigenvalue weighted by molar-refractivity contribution is -0.147. The molecule has 2 heterocycles. The van der Waals surface area contributed by atoms with Crippen LogP contribution in [0.4, 0.5) is 9.18 Å². The number of ether oxygens (including phenoxy) is 1. The number of nitrogens with one attached hydrogen (secondary N) is 1. The summed E-state index contributed by atoms with van der Waals surface area (Å²) >= 11 is 0. The van der Waals surface area contributed by atoms with Gasteiger partial charge in [0.25, 0.3) is 5.91 Å². The number of piperazine rings is 1. The van der Waals surface area contributed by atoms with Crippen molar-refractivity contribution in [3.05, 3.63) is 35.6 Å². The van der Waals surface area contributed by atoms with Crippen molar-refractivity contribution in [2.45, 2.75) is 6.04 Å². The van der Waals surface area contributed by atoms with E-state index >= 15 is 0 Å². The van der Waals surface area contributed by atoms with Gasteiger partial charge >= 0.3 is 17.9 Å². The van der Waals surface area contributed by atoms with Crippen molar-refractivity contribution < 1.29 is 28.3 Å². The number of methoxy groups -OCH3 is 1. The molecule has 28 heavy (non-hydrogen) atoms. The van der Waals surface area contributed by atoms with E-state index in [0.717, 1.165) is 0 Å². The number of rotatable bonds is 2. The average Bonchev–Trinajstić information content (AvgIpc) is 2.69. The number of halogens is 1. The van der Waals surface area contributed by atoms with E-state index in [2.05, 4.69) is 10.1 Å². The van der Waals surface area contributed by atoms with Crippen LogP contribution in [0.1, 0.15) is 10.4 Å². The van der Waals surface area contributed by atoms with Crippen molar-refractivity contribution in [3.8, 4) is 0 Å². The van der Waals surface area contributed by atoms with E-state index in [9.17, 15) is 23.6 Å². The molecule has 0 unspecified atom stereocenters. The predicted molar refractivity (Wildman–Crippen MR) is 94.8 cm³/mol. The Morgan fingerprint density at radius 1 is 0.964 bits per heavy atom. The maximum Gasteiger partial charge on any atom is 0.409 e. The molecule has 0 atom stereocenters. The van der Waals surface area contributed by atoms with Gasteiger partial charge in [0.05, 0.1) is 13.2 Å². The predicted octanol–water partition coefficient (Wildman–Crippen LogP) is -0.323. The molecule has 0 radical (unpaired) electrons. The van der Waals surface area contributed by atoms with Gasteiger partial charge in [0.15, 0.2) is 0 Å². The lowest BCUT2D eigenvalue weighted by Crippen LogP contribution is -2.63. The molecule has 0 bridgehead atoms. The molecular weight excluding hydrogens is 371 g/mol. The van der Waals surface area contributed by atoms with Crippen molar-refractivity contribution in [1.29, 1.82) is 0 Å². The zero-order valence-electron chi connectivity index (χ0n) is 15.4. The fraction of sp³-hybridized carbons (Fsp3) is 0.444. The van der Waals surface area contributed by atoms with Gasteiger partial charge in [-0.2, -0.15) is 0 Å². The third-order valence-corrected chi connectivity index (χ3v) is 4.79. The molecule has 2 saturated heterocycles. The maximum absolute atomic E-state index is 13.0. The molecule has 2 aliphatic heterocycles. The van der Waals surface area contributed by atoms with E-state index in [-0.39, 0.29) is 38.1 Å². The van der Waals surface area contributed by atoms with Gasteiger partial charge in [0.1, 0.15) is 5.82 Å². The summed E-state index contributed by atoms with van der Waals surface area (Å²) in [6, 6.07) is 4.99. The first-order valence-electron chi connectivity index (χ1n) is 8.86. The third kappa shape index (κ3) is 4.21. The molecule has 2 fully saturated rings. The highest BCUT2D eigenvalue weighted by molar-refractivity contribution is 6.35. The van der Waals surface area contributed by atoms with Crippen LogP contribution in [0, 0.1) is 5.82 Å². The Balaban J connectivity index is 1.44. The second-order valence-electron chi connectivity index (χ2n) is 6.64. The van der Waals surface area contributed by atoms with Crippen LogP contribution in [0.25, 0.3) is 0 Å². The van der Waals surface area contributed by atoms with Crippen LogP contribution in [0.2, 0.25) is 0 Å². The molecular formula is C18H21FN4O5. The number of amides is 4. The second kappa shape index (κ2) is 8.24. The number of carbonyl (C=O) groups excluding carboxylic acids is 4. The first-order chi connectivity index (χ1) is 13.4. The summed E-state index contributed by atoms with van der Waals surface area (Å²) in [7, 11) is 1.28. The Bertz CT molecular complexity index is 771. The van der Waals surface area contributed by atoms with Crippen LogP contribution in [-0.2, 0) is 14.3 Å². The van der Waals surface area contributed by atoms with Crippen molar-refractivity contribution in [3.63, 3.8) is 0 Å². The Hall–Kier alpha value is -3.17. The van der Waals surface area contributed by atoms with E-state index in [1.54, 1.807) is 4.90 Å². The summed E-state index contributed by atoms with van der Waals surface area (Å²) in [5.74, 6) is -2.05. The number of hydrogen-bond acceptors (Lipinski definition) is 5. The fourth-order valence-corrected chi connectivity index (χ4v) is 3.13. The lowest BCUT2D eigenvalue weighted by atomic mass is 10.1. The highest BCUT2D eigenvalue weighted by Crippen LogP contribution is 2.12. The van der Waals surface area contributed by atoms with Crippen molar-refractivity contribution in [2.75, 3.05) is 46.4 Å².